The Morgan fingerprint density at radius 1 is 1.24 bits per heavy atom. The fraction of sp³-hybridized carbons (Fsp3) is 0.421. The molecular weight excluding hydrogens is 316 g/mol. The summed E-state index contributed by atoms with van der Waals surface area (Å²) in [6.07, 6.45) is 1.70. The molecule has 1 aromatic heterocycles. The number of nitrogens with zero attached hydrogens (tertiary/aromatic N) is 4. The first-order chi connectivity index (χ1) is 11.7. The molecular formula is C19H26N4O2. The van der Waals surface area contributed by atoms with Gasteiger partial charge in [-0.3, -0.25) is 9.48 Å². The number of amides is 1. The molecule has 0 bridgehead atoms. The molecule has 0 fully saturated rings. The van der Waals surface area contributed by atoms with E-state index in [1.165, 1.54) is 0 Å². The quantitative estimate of drug-likeness (QED) is 0.631. The van der Waals surface area contributed by atoms with Crippen LogP contribution in [0, 0.1) is 0 Å². The molecule has 134 valence electrons. The lowest BCUT2D eigenvalue weighted by atomic mass is 10.1. The van der Waals surface area contributed by atoms with Gasteiger partial charge in [0.2, 0.25) is 5.88 Å². The minimum atomic E-state index is -0.357. The first-order valence-electron chi connectivity index (χ1n) is 8.22. The highest BCUT2D eigenvalue weighted by molar-refractivity contribution is 6.03. The fourth-order valence-corrected chi connectivity index (χ4v) is 1.99. The SMILES string of the molecule is CC(=NC(=O)c1cn(C(C)(C)C)nc1OCc1ccccc1)N(C)C. The summed E-state index contributed by atoms with van der Waals surface area (Å²) in [7, 11) is 3.69. The summed E-state index contributed by atoms with van der Waals surface area (Å²) in [4.78, 5) is 18.5. The number of carbonyl (C=O) groups is 1. The monoisotopic (exact) mass is 342 g/mol. The standard InChI is InChI=1S/C19H26N4O2/c1-14(22(5)6)20-17(24)16-12-23(19(2,3)4)21-18(16)25-13-15-10-8-7-9-11-15/h7-12H,13H2,1-6H3. The molecule has 0 atom stereocenters. The molecule has 1 amide bonds. The molecule has 0 aliphatic carbocycles. The van der Waals surface area contributed by atoms with E-state index in [0.717, 1.165) is 5.56 Å². The van der Waals surface area contributed by atoms with E-state index in [4.69, 9.17) is 4.74 Å². The van der Waals surface area contributed by atoms with Gasteiger partial charge < -0.3 is 9.64 Å². The van der Waals surface area contributed by atoms with Crippen LogP contribution in [0.15, 0.2) is 41.5 Å². The molecule has 1 aromatic carbocycles. The van der Waals surface area contributed by atoms with Crippen molar-refractivity contribution in [3.8, 4) is 5.88 Å². The van der Waals surface area contributed by atoms with E-state index in [9.17, 15) is 4.79 Å². The summed E-state index contributed by atoms with van der Waals surface area (Å²) in [6, 6.07) is 9.78. The van der Waals surface area contributed by atoms with Gasteiger partial charge in [0, 0.05) is 20.3 Å². The van der Waals surface area contributed by atoms with E-state index in [2.05, 4.69) is 10.1 Å². The van der Waals surface area contributed by atoms with Gasteiger partial charge in [-0.15, -0.1) is 5.10 Å². The summed E-state index contributed by atoms with van der Waals surface area (Å²) >= 11 is 0. The Kier molecular flexibility index (Phi) is 5.62. The first-order valence-corrected chi connectivity index (χ1v) is 8.22. The number of ether oxygens (including phenoxy) is 1. The van der Waals surface area contributed by atoms with E-state index in [0.29, 0.717) is 23.9 Å². The van der Waals surface area contributed by atoms with Crippen molar-refractivity contribution in [2.24, 2.45) is 4.99 Å². The number of benzene rings is 1. The Balaban J connectivity index is 2.31. The minimum Gasteiger partial charge on any atom is -0.471 e. The molecule has 0 aliphatic rings. The second kappa shape index (κ2) is 7.51. The molecule has 0 saturated carbocycles. The molecule has 6 nitrogen and oxygen atoms in total. The van der Waals surface area contributed by atoms with E-state index >= 15 is 0 Å². The highest BCUT2D eigenvalue weighted by Gasteiger charge is 2.23. The molecule has 0 N–H and O–H groups in total. The van der Waals surface area contributed by atoms with Crippen LogP contribution >= 0.6 is 0 Å². The van der Waals surface area contributed by atoms with Gasteiger partial charge in [0.05, 0.1) is 5.54 Å². The Labute approximate surface area is 149 Å². The van der Waals surface area contributed by atoms with Crippen LogP contribution in [0.2, 0.25) is 0 Å². The number of hydrogen-bond donors (Lipinski definition) is 0. The van der Waals surface area contributed by atoms with Crippen molar-refractivity contribution in [1.82, 2.24) is 14.7 Å². The van der Waals surface area contributed by atoms with Gasteiger partial charge in [-0.25, -0.2) is 0 Å². The van der Waals surface area contributed by atoms with E-state index in [1.807, 2.05) is 65.2 Å². The van der Waals surface area contributed by atoms with E-state index in [1.54, 1.807) is 22.7 Å². The third-order valence-electron chi connectivity index (χ3n) is 3.73. The van der Waals surface area contributed by atoms with Crippen molar-refractivity contribution in [3.63, 3.8) is 0 Å². The van der Waals surface area contributed by atoms with Crippen molar-refractivity contribution in [2.45, 2.75) is 39.8 Å². The van der Waals surface area contributed by atoms with Crippen LogP contribution in [-0.4, -0.2) is 40.5 Å². The number of aliphatic imine (C=N–C) groups is 1. The lowest BCUT2D eigenvalue weighted by molar-refractivity contribution is 0.0997. The highest BCUT2D eigenvalue weighted by atomic mass is 16.5. The summed E-state index contributed by atoms with van der Waals surface area (Å²) in [5.41, 5.74) is 1.12. The summed E-state index contributed by atoms with van der Waals surface area (Å²) in [5, 5.41) is 4.46. The number of carbonyl (C=O) groups excluding carboxylic acids is 1. The van der Waals surface area contributed by atoms with Crippen LogP contribution in [0.4, 0.5) is 0 Å². The Morgan fingerprint density at radius 2 is 1.88 bits per heavy atom. The van der Waals surface area contributed by atoms with Gasteiger partial charge in [-0.2, -0.15) is 4.99 Å². The second-order valence-electron chi connectivity index (χ2n) is 7.10. The fourth-order valence-electron chi connectivity index (χ4n) is 1.99. The van der Waals surface area contributed by atoms with Gasteiger partial charge >= 0.3 is 0 Å². The van der Waals surface area contributed by atoms with Crippen LogP contribution < -0.4 is 4.74 Å². The van der Waals surface area contributed by atoms with Gasteiger partial charge in [0.15, 0.2) is 0 Å². The van der Waals surface area contributed by atoms with E-state index < -0.39 is 0 Å². The van der Waals surface area contributed by atoms with Gasteiger partial charge in [0.25, 0.3) is 5.91 Å². The zero-order chi connectivity index (χ0) is 18.6. The molecule has 0 spiro atoms. The summed E-state index contributed by atoms with van der Waals surface area (Å²) in [6.45, 7) is 8.19. The van der Waals surface area contributed by atoms with Crippen molar-refractivity contribution in [1.29, 1.82) is 0 Å². The molecule has 2 aromatic rings. The maximum Gasteiger partial charge on any atom is 0.285 e. The normalized spacial score (nSPS) is 12.2. The Hall–Kier alpha value is -2.63. The second-order valence-corrected chi connectivity index (χ2v) is 7.10. The number of hydrogen-bond acceptors (Lipinski definition) is 3. The molecule has 0 aliphatic heterocycles. The van der Waals surface area contributed by atoms with Crippen LogP contribution in [0.1, 0.15) is 43.6 Å². The molecule has 6 heteroatoms. The smallest absolute Gasteiger partial charge is 0.285 e. The highest BCUT2D eigenvalue weighted by Crippen LogP contribution is 2.23. The maximum absolute atomic E-state index is 12.6. The Bertz CT molecular complexity index is 755. The van der Waals surface area contributed by atoms with Crippen molar-refractivity contribution in [3.05, 3.63) is 47.7 Å². The minimum absolute atomic E-state index is 0.260. The Morgan fingerprint density at radius 3 is 2.44 bits per heavy atom. The van der Waals surface area contributed by atoms with Crippen LogP contribution in [0.25, 0.3) is 0 Å². The summed E-state index contributed by atoms with van der Waals surface area (Å²) < 4.78 is 7.56. The average Bonchev–Trinajstić information content (AvgIpc) is 2.98. The zero-order valence-electron chi connectivity index (χ0n) is 15.8. The lowest BCUT2D eigenvalue weighted by Gasteiger charge is -2.18. The van der Waals surface area contributed by atoms with Gasteiger partial charge in [-0.1, -0.05) is 30.3 Å². The number of rotatable bonds is 4. The first kappa shape index (κ1) is 18.7. The molecule has 1 heterocycles. The van der Waals surface area contributed by atoms with E-state index in [-0.39, 0.29) is 11.4 Å². The lowest BCUT2D eigenvalue weighted by Crippen LogP contribution is -2.22. The maximum atomic E-state index is 12.6. The molecule has 0 saturated heterocycles. The zero-order valence-corrected chi connectivity index (χ0v) is 15.8. The van der Waals surface area contributed by atoms with Crippen LogP contribution in [-0.2, 0) is 12.1 Å². The molecule has 0 radical (unpaired) electrons. The largest absolute Gasteiger partial charge is 0.471 e. The van der Waals surface area contributed by atoms with Crippen LogP contribution in [0.5, 0.6) is 5.88 Å². The molecule has 2 rings (SSSR count). The van der Waals surface area contributed by atoms with Gasteiger partial charge in [-0.05, 0) is 33.3 Å². The molecule has 0 unspecified atom stereocenters. The third-order valence-corrected chi connectivity index (χ3v) is 3.73. The average molecular weight is 342 g/mol. The summed E-state index contributed by atoms with van der Waals surface area (Å²) in [5.74, 6) is 0.575. The number of amidine groups is 1. The van der Waals surface area contributed by atoms with Crippen molar-refractivity contribution < 1.29 is 9.53 Å². The van der Waals surface area contributed by atoms with Crippen molar-refractivity contribution >= 4 is 11.7 Å². The van der Waals surface area contributed by atoms with Crippen LogP contribution in [0.3, 0.4) is 0 Å². The topological polar surface area (TPSA) is 59.7 Å². The number of aromatic nitrogens is 2. The predicted octanol–water partition coefficient (Wildman–Crippen LogP) is 3.34. The predicted molar refractivity (Wildman–Crippen MR) is 99.1 cm³/mol. The van der Waals surface area contributed by atoms with Gasteiger partial charge in [0.1, 0.15) is 18.0 Å². The molecule has 25 heavy (non-hydrogen) atoms. The third kappa shape index (κ3) is 4.92. The van der Waals surface area contributed by atoms with Crippen molar-refractivity contribution in [2.75, 3.05) is 14.1 Å².